The lowest BCUT2D eigenvalue weighted by Crippen LogP contribution is -2.37. The number of aryl methyl sites for hydroxylation is 1. The number of nitrogens with two attached hydrogens (primary N) is 1. The maximum absolute atomic E-state index is 6.09. The first-order chi connectivity index (χ1) is 9.78. The minimum absolute atomic E-state index is 0.0114. The van der Waals surface area contributed by atoms with Gasteiger partial charge in [0, 0.05) is 6.54 Å². The molecule has 2 rings (SSSR count). The second-order valence-electron chi connectivity index (χ2n) is 4.86. The molecule has 2 aromatic rings. The van der Waals surface area contributed by atoms with Crippen molar-refractivity contribution in [1.29, 1.82) is 0 Å². The Labute approximate surface area is 120 Å². The standard InChI is InChI=1S/C17H22N2O/c1-20-16-10-7-14(8-11-16)9-12-17(18)19-13-15-5-3-2-4-6-15/h2-8,10-11,17,19H,9,12-13,18H2,1H3. The Hall–Kier alpha value is -1.84. The lowest BCUT2D eigenvalue weighted by molar-refractivity contribution is 0.414. The quantitative estimate of drug-likeness (QED) is 0.760. The SMILES string of the molecule is COc1ccc(CCC(N)NCc2ccccc2)cc1. The van der Waals surface area contributed by atoms with Gasteiger partial charge in [-0.05, 0) is 36.1 Å². The van der Waals surface area contributed by atoms with Gasteiger partial charge in [-0.15, -0.1) is 0 Å². The van der Waals surface area contributed by atoms with Gasteiger partial charge in [-0.2, -0.15) is 0 Å². The predicted molar refractivity (Wildman–Crippen MR) is 82.6 cm³/mol. The van der Waals surface area contributed by atoms with Gasteiger partial charge in [0.25, 0.3) is 0 Å². The van der Waals surface area contributed by atoms with Gasteiger partial charge in [0.1, 0.15) is 5.75 Å². The van der Waals surface area contributed by atoms with Crippen LogP contribution in [-0.2, 0) is 13.0 Å². The summed E-state index contributed by atoms with van der Waals surface area (Å²) in [6.07, 6.45) is 1.89. The number of nitrogens with one attached hydrogen (secondary N) is 1. The minimum atomic E-state index is 0.0114. The Morgan fingerprint density at radius 2 is 1.70 bits per heavy atom. The summed E-state index contributed by atoms with van der Waals surface area (Å²) < 4.78 is 5.15. The number of ether oxygens (including phenoxy) is 1. The fraction of sp³-hybridized carbons (Fsp3) is 0.294. The topological polar surface area (TPSA) is 47.3 Å². The molecule has 0 aromatic heterocycles. The number of hydrogen-bond donors (Lipinski definition) is 2. The summed E-state index contributed by atoms with van der Waals surface area (Å²) in [7, 11) is 1.68. The smallest absolute Gasteiger partial charge is 0.118 e. The van der Waals surface area contributed by atoms with Crippen LogP contribution in [0.3, 0.4) is 0 Å². The Morgan fingerprint density at radius 1 is 1.00 bits per heavy atom. The monoisotopic (exact) mass is 270 g/mol. The van der Waals surface area contributed by atoms with Crippen LogP contribution in [0.5, 0.6) is 5.75 Å². The van der Waals surface area contributed by atoms with E-state index in [0.29, 0.717) is 0 Å². The van der Waals surface area contributed by atoms with Crippen molar-refractivity contribution in [2.75, 3.05) is 7.11 Å². The molecule has 0 saturated carbocycles. The van der Waals surface area contributed by atoms with E-state index < -0.39 is 0 Å². The van der Waals surface area contributed by atoms with Crippen LogP contribution in [-0.4, -0.2) is 13.3 Å². The third kappa shape index (κ3) is 4.68. The van der Waals surface area contributed by atoms with Gasteiger partial charge in [0.2, 0.25) is 0 Å². The van der Waals surface area contributed by atoms with Crippen LogP contribution < -0.4 is 15.8 Å². The summed E-state index contributed by atoms with van der Waals surface area (Å²) in [6.45, 7) is 0.810. The zero-order valence-corrected chi connectivity index (χ0v) is 11.9. The van der Waals surface area contributed by atoms with E-state index >= 15 is 0 Å². The molecule has 0 amide bonds. The summed E-state index contributed by atoms with van der Waals surface area (Å²) in [5, 5.41) is 3.34. The molecule has 20 heavy (non-hydrogen) atoms. The third-order valence-corrected chi connectivity index (χ3v) is 3.31. The lowest BCUT2D eigenvalue weighted by Gasteiger charge is -2.14. The summed E-state index contributed by atoms with van der Waals surface area (Å²) >= 11 is 0. The van der Waals surface area contributed by atoms with E-state index in [1.54, 1.807) is 7.11 Å². The molecular weight excluding hydrogens is 248 g/mol. The van der Waals surface area contributed by atoms with E-state index in [9.17, 15) is 0 Å². The molecule has 3 N–H and O–H groups in total. The van der Waals surface area contributed by atoms with Crippen molar-refractivity contribution in [1.82, 2.24) is 5.32 Å². The van der Waals surface area contributed by atoms with Gasteiger partial charge in [-0.1, -0.05) is 42.5 Å². The van der Waals surface area contributed by atoms with Crippen LogP contribution in [0.15, 0.2) is 54.6 Å². The van der Waals surface area contributed by atoms with E-state index in [1.807, 2.05) is 30.3 Å². The largest absolute Gasteiger partial charge is 0.497 e. The molecule has 1 unspecified atom stereocenters. The Balaban J connectivity index is 1.73. The first-order valence-corrected chi connectivity index (χ1v) is 6.94. The van der Waals surface area contributed by atoms with Crippen molar-refractivity contribution in [3.8, 4) is 5.75 Å². The highest BCUT2D eigenvalue weighted by atomic mass is 16.5. The van der Waals surface area contributed by atoms with Crippen LogP contribution in [0, 0.1) is 0 Å². The summed E-state index contributed by atoms with van der Waals surface area (Å²) in [6, 6.07) is 18.4. The molecule has 0 aliphatic carbocycles. The summed E-state index contributed by atoms with van der Waals surface area (Å²) in [5.74, 6) is 0.889. The molecule has 0 heterocycles. The Kier molecular flexibility index (Phi) is 5.59. The van der Waals surface area contributed by atoms with Crippen LogP contribution in [0.1, 0.15) is 17.5 Å². The average Bonchev–Trinajstić information content (AvgIpc) is 2.52. The molecular formula is C17H22N2O. The van der Waals surface area contributed by atoms with Gasteiger partial charge in [0.15, 0.2) is 0 Å². The van der Waals surface area contributed by atoms with Crippen molar-refractivity contribution in [2.24, 2.45) is 5.73 Å². The van der Waals surface area contributed by atoms with Crippen LogP contribution in [0.4, 0.5) is 0 Å². The Morgan fingerprint density at radius 3 is 2.35 bits per heavy atom. The second kappa shape index (κ2) is 7.68. The molecule has 0 radical (unpaired) electrons. The fourth-order valence-electron chi connectivity index (χ4n) is 2.06. The zero-order valence-electron chi connectivity index (χ0n) is 11.9. The molecule has 3 heteroatoms. The third-order valence-electron chi connectivity index (χ3n) is 3.31. The molecule has 3 nitrogen and oxygen atoms in total. The molecule has 0 fully saturated rings. The minimum Gasteiger partial charge on any atom is -0.497 e. The lowest BCUT2D eigenvalue weighted by atomic mass is 10.1. The van der Waals surface area contributed by atoms with Gasteiger partial charge in [-0.3, -0.25) is 5.32 Å². The van der Waals surface area contributed by atoms with Crippen LogP contribution in [0.25, 0.3) is 0 Å². The van der Waals surface area contributed by atoms with Gasteiger partial charge in [-0.25, -0.2) is 0 Å². The highest BCUT2D eigenvalue weighted by molar-refractivity contribution is 5.27. The summed E-state index contributed by atoms with van der Waals surface area (Å²) in [4.78, 5) is 0. The first kappa shape index (κ1) is 14.6. The van der Waals surface area contributed by atoms with Crippen molar-refractivity contribution in [3.05, 3.63) is 65.7 Å². The van der Waals surface area contributed by atoms with Gasteiger partial charge >= 0.3 is 0 Å². The molecule has 0 bridgehead atoms. The first-order valence-electron chi connectivity index (χ1n) is 6.94. The fourth-order valence-corrected chi connectivity index (χ4v) is 2.06. The highest BCUT2D eigenvalue weighted by Crippen LogP contribution is 2.12. The number of benzene rings is 2. The molecule has 0 aliphatic rings. The maximum Gasteiger partial charge on any atom is 0.118 e. The van der Waals surface area contributed by atoms with E-state index in [2.05, 4.69) is 29.6 Å². The average molecular weight is 270 g/mol. The van der Waals surface area contributed by atoms with E-state index in [-0.39, 0.29) is 6.17 Å². The maximum atomic E-state index is 6.09. The molecule has 1 atom stereocenters. The van der Waals surface area contributed by atoms with Crippen LogP contribution >= 0.6 is 0 Å². The van der Waals surface area contributed by atoms with E-state index in [4.69, 9.17) is 10.5 Å². The summed E-state index contributed by atoms with van der Waals surface area (Å²) in [5.41, 5.74) is 8.63. The zero-order chi connectivity index (χ0) is 14.2. The number of rotatable bonds is 7. The van der Waals surface area contributed by atoms with E-state index in [1.165, 1.54) is 11.1 Å². The second-order valence-corrected chi connectivity index (χ2v) is 4.86. The van der Waals surface area contributed by atoms with Crippen molar-refractivity contribution in [3.63, 3.8) is 0 Å². The van der Waals surface area contributed by atoms with Gasteiger partial charge in [0.05, 0.1) is 13.3 Å². The van der Waals surface area contributed by atoms with Crippen molar-refractivity contribution in [2.45, 2.75) is 25.6 Å². The normalized spacial score (nSPS) is 12.1. The molecule has 106 valence electrons. The van der Waals surface area contributed by atoms with Crippen LogP contribution in [0.2, 0.25) is 0 Å². The molecule has 0 saturated heterocycles. The predicted octanol–water partition coefficient (Wildman–Crippen LogP) is 2.70. The van der Waals surface area contributed by atoms with Crippen molar-refractivity contribution >= 4 is 0 Å². The van der Waals surface area contributed by atoms with Gasteiger partial charge < -0.3 is 10.5 Å². The molecule has 2 aromatic carbocycles. The Bertz CT molecular complexity index is 496. The molecule has 0 aliphatic heterocycles. The molecule has 0 spiro atoms. The number of methoxy groups -OCH3 is 1. The van der Waals surface area contributed by atoms with E-state index in [0.717, 1.165) is 25.1 Å². The van der Waals surface area contributed by atoms with Crippen molar-refractivity contribution < 1.29 is 4.74 Å². The number of hydrogen-bond acceptors (Lipinski definition) is 3. The highest BCUT2D eigenvalue weighted by Gasteiger charge is 2.03.